The van der Waals surface area contributed by atoms with Gasteiger partial charge in [-0.05, 0) is 30.5 Å². The van der Waals surface area contributed by atoms with Gasteiger partial charge in [0.15, 0.2) is 6.10 Å². The summed E-state index contributed by atoms with van der Waals surface area (Å²) in [6.07, 6.45) is -1.50. The van der Waals surface area contributed by atoms with Crippen LogP contribution in [0.2, 0.25) is 0 Å². The van der Waals surface area contributed by atoms with Crippen molar-refractivity contribution in [2.75, 3.05) is 7.11 Å². The average Bonchev–Trinajstić information content (AvgIpc) is 2.17. The minimum Gasteiger partial charge on any atom is -0.496 e. The molecular formula is C11H14O4. The summed E-state index contributed by atoms with van der Waals surface area (Å²) in [6.45, 7) is 3.59. The molecule has 1 unspecified atom stereocenters. The van der Waals surface area contributed by atoms with Gasteiger partial charge in [-0.3, -0.25) is 0 Å². The highest BCUT2D eigenvalue weighted by Crippen LogP contribution is 2.29. The SMILES string of the molecule is COc1c(C)ccc(C(O)C(=O)O)c1C. The molecular weight excluding hydrogens is 196 g/mol. The molecule has 0 bridgehead atoms. The van der Waals surface area contributed by atoms with Crippen LogP contribution in [0.4, 0.5) is 0 Å². The summed E-state index contributed by atoms with van der Waals surface area (Å²) >= 11 is 0. The van der Waals surface area contributed by atoms with Gasteiger partial charge in [0, 0.05) is 0 Å². The summed E-state index contributed by atoms with van der Waals surface area (Å²) < 4.78 is 5.14. The molecule has 0 aromatic heterocycles. The van der Waals surface area contributed by atoms with Crippen LogP contribution in [0.15, 0.2) is 12.1 Å². The molecule has 2 N–H and O–H groups in total. The molecule has 0 aliphatic heterocycles. The summed E-state index contributed by atoms with van der Waals surface area (Å²) in [5.74, 6) is -0.642. The number of aliphatic carboxylic acids is 1. The second-order valence-electron chi connectivity index (χ2n) is 3.37. The van der Waals surface area contributed by atoms with Gasteiger partial charge in [-0.25, -0.2) is 4.79 Å². The first-order valence-electron chi connectivity index (χ1n) is 4.54. The Morgan fingerprint density at radius 3 is 2.47 bits per heavy atom. The lowest BCUT2D eigenvalue weighted by Crippen LogP contribution is -2.12. The largest absolute Gasteiger partial charge is 0.496 e. The van der Waals surface area contributed by atoms with Crippen molar-refractivity contribution in [1.29, 1.82) is 0 Å². The Morgan fingerprint density at radius 2 is 2.00 bits per heavy atom. The van der Waals surface area contributed by atoms with Gasteiger partial charge in [0.25, 0.3) is 0 Å². The number of methoxy groups -OCH3 is 1. The Hall–Kier alpha value is -1.55. The van der Waals surface area contributed by atoms with E-state index >= 15 is 0 Å². The van der Waals surface area contributed by atoms with Crippen molar-refractivity contribution in [1.82, 2.24) is 0 Å². The minimum absolute atomic E-state index is 0.366. The molecule has 0 saturated heterocycles. The smallest absolute Gasteiger partial charge is 0.337 e. The van der Waals surface area contributed by atoms with Crippen LogP contribution < -0.4 is 4.74 Å². The Labute approximate surface area is 88.1 Å². The van der Waals surface area contributed by atoms with E-state index in [1.807, 2.05) is 6.92 Å². The normalized spacial score (nSPS) is 12.3. The van der Waals surface area contributed by atoms with Crippen molar-refractivity contribution in [2.45, 2.75) is 20.0 Å². The number of aliphatic hydroxyl groups excluding tert-OH is 1. The molecule has 1 aromatic rings. The van der Waals surface area contributed by atoms with Gasteiger partial charge in [-0.2, -0.15) is 0 Å². The summed E-state index contributed by atoms with van der Waals surface area (Å²) in [5, 5.41) is 18.1. The van der Waals surface area contributed by atoms with E-state index in [-0.39, 0.29) is 0 Å². The van der Waals surface area contributed by atoms with Crippen LogP contribution in [0.25, 0.3) is 0 Å². The van der Waals surface area contributed by atoms with Gasteiger partial charge < -0.3 is 14.9 Å². The number of carboxylic acid groups (broad SMARTS) is 1. The highest BCUT2D eigenvalue weighted by molar-refractivity contribution is 5.75. The van der Waals surface area contributed by atoms with E-state index < -0.39 is 12.1 Å². The van der Waals surface area contributed by atoms with Crippen molar-refractivity contribution < 1.29 is 19.7 Å². The maximum Gasteiger partial charge on any atom is 0.337 e. The predicted octanol–water partition coefficient (Wildman–Crippen LogP) is 1.43. The van der Waals surface area contributed by atoms with Crippen molar-refractivity contribution in [3.8, 4) is 5.75 Å². The number of aliphatic hydroxyl groups is 1. The highest BCUT2D eigenvalue weighted by atomic mass is 16.5. The van der Waals surface area contributed by atoms with Crippen LogP contribution in [-0.2, 0) is 4.79 Å². The maximum absolute atomic E-state index is 10.6. The summed E-state index contributed by atoms with van der Waals surface area (Å²) in [5.41, 5.74) is 1.94. The van der Waals surface area contributed by atoms with Gasteiger partial charge in [-0.15, -0.1) is 0 Å². The zero-order valence-electron chi connectivity index (χ0n) is 8.94. The fourth-order valence-electron chi connectivity index (χ4n) is 1.59. The summed E-state index contributed by atoms with van der Waals surface area (Å²) in [7, 11) is 1.52. The molecule has 1 atom stereocenters. The van der Waals surface area contributed by atoms with Crippen LogP contribution in [0.1, 0.15) is 22.8 Å². The van der Waals surface area contributed by atoms with E-state index in [2.05, 4.69) is 0 Å². The molecule has 15 heavy (non-hydrogen) atoms. The fourth-order valence-corrected chi connectivity index (χ4v) is 1.59. The van der Waals surface area contributed by atoms with Gasteiger partial charge >= 0.3 is 5.97 Å². The van der Waals surface area contributed by atoms with Crippen LogP contribution in [-0.4, -0.2) is 23.3 Å². The third kappa shape index (κ3) is 2.10. The highest BCUT2D eigenvalue weighted by Gasteiger charge is 2.20. The van der Waals surface area contributed by atoms with Gasteiger partial charge in [0.2, 0.25) is 0 Å². The Kier molecular flexibility index (Phi) is 3.31. The predicted molar refractivity (Wildman–Crippen MR) is 55.1 cm³/mol. The molecule has 0 fully saturated rings. The molecule has 0 aliphatic carbocycles. The van der Waals surface area contributed by atoms with E-state index in [0.717, 1.165) is 5.56 Å². The zero-order chi connectivity index (χ0) is 11.6. The number of rotatable bonds is 3. The summed E-state index contributed by atoms with van der Waals surface area (Å²) in [6, 6.07) is 3.33. The number of ether oxygens (including phenoxy) is 1. The number of aryl methyl sites for hydroxylation is 1. The van der Waals surface area contributed by atoms with Crippen LogP contribution >= 0.6 is 0 Å². The molecule has 0 saturated carbocycles. The Balaban J connectivity index is 3.27. The van der Waals surface area contributed by atoms with Crippen molar-refractivity contribution in [3.63, 3.8) is 0 Å². The molecule has 0 spiro atoms. The topological polar surface area (TPSA) is 66.8 Å². The van der Waals surface area contributed by atoms with E-state index in [0.29, 0.717) is 16.9 Å². The van der Waals surface area contributed by atoms with Crippen molar-refractivity contribution >= 4 is 5.97 Å². The number of benzene rings is 1. The second kappa shape index (κ2) is 4.31. The Morgan fingerprint density at radius 1 is 1.40 bits per heavy atom. The molecule has 0 radical (unpaired) electrons. The third-order valence-corrected chi connectivity index (χ3v) is 2.38. The first-order valence-corrected chi connectivity index (χ1v) is 4.54. The molecule has 0 amide bonds. The molecule has 4 heteroatoms. The molecule has 0 aliphatic rings. The first-order chi connectivity index (χ1) is 6.99. The monoisotopic (exact) mass is 210 g/mol. The van der Waals surface area contributed by atoms with Gasteiger partial charge in [0.1, 0.15) is 5.75 Å². The fraction of sp³-hybridized carbons (Fsp3) is 0.364. The number of carbonyl (C=O) groups is 1. The van der Waals surface area contributed by atoms with E-state index in [4.69, 9.17) is 9.84 Å². The molecule has 1 aromatic carbocycles. The minimum atomic E-state index is -1.50. The summed E-state index contributed by atoms with van der Waals surface area (Å²) in [4.78, 5) is 10.6. The standard InChI is InChI=1S/C11H14O4/c1-6-4-5-8(9(12)11(13)14)7(2)10(6)15-3/h4-5,9,12H,1-3H3,(H,13,14). The average molecular weight is 210 g/mol. The lowest BCUT2D eigenvalue weighted by Gasteiger charge is -2.14. The number of carboxylic acids is 1. The van der Waals surface area contributed by atoms with Crippen LogP contribution in [0.5, 0.6) is 5.75 Å². The first kappa shape index (κ1) is 11.5. The van der Waals surface area contributed by atoms with E-state index in [1.165, 1.54) is 7.11 Å². The maximum atomic E-state index is 10.6. The Bertz CT molecular complexity index is 384. The molecule has 1 rings (SSSR count). The van der Waals surface area contributed by atoms with Crippen molar-refractivity contribution in [3.05, 3.63) is 28.8 Å². The van der Waals surface area contributed by atoms with Crippen LogP contribution in [0.3, 0.4) is 0 Å². The molecule has 4 nitrogen and oxygen atoms in total. The van der Waals surface area contributed by atoms with Crippen LogP contribution in [0, 0.1) is 13.8 Å². The second-order valence-corrected chi connectivity index (χ2v) is 3.37. The molecule has 0 heterocycles. The van der Waals surface area contributed by atoms with E-state index in [1.54, 1.807) is 19.1 Å². The third-order valence-electron chi connectivity index (χ3n) is 2.38. The lowest BCUT2D eigenvalue weighted by molar-refractivity contribution is -0.147. The van der Waals surface area contributed by atoms with Gasteiger partial charge in [-0.1, -0.05) is 12.1 Å². The molecule has 82 valence electrons. The quantitative estimate of drug-likeness (QED) is 0.792. The van der Waals surface area contributed by atoms with E-state index in [9.17, 15) is 9.90 Å². The van der Waals surface area contributed by atoms with Crippen molar-refractivity contribution in [2.24, 2.45) is 0 Å². The zero-order valence-corrected chi connectivity index (χ0v) is 8.94. The number of hydrogen-bond acceptors (Lipinski definition) is 3. The lowest BCUT2D eigenvalue weighted by atomic mass is 10.00. The number of hydrogen-bond donors (Lipinski definition) is 2. The van der Waals surface area contributed by atoms with Gasteiger partial charge in [0.05, 0.1) is 7.11 Å².